The van der Waals surface area contributed by atoms with Crippen molar-refractivity contribution in [3.63, 3.8) is 0 Å². The van der Waals surface area contributed by atoms with Gasteiger partial charge in [0.05, 0.1) is 43.6 Å². The summed E-state index contributed by atoms with van der Waals surface area (Å²) in [6.45, 7) is 1.56. The lowest BCUT2D eigenvalue weighted by Gasteiger charge is -2.14. The van der Waals surface area contributed by atoms with Crippen molar-refractivity contribution < 1.29 is 23.4 Å². The quantitative estimate of drug-likeness (QED) is 0.144. The number of hydrogen-bond donors (Lipinski definition) is 3. The van der Waals surface area contributed by atoms with Crippen molar-refractivity contribution in [2.24, 2.45) is 0 Å². The molecule has 216 valence electrons. The minimum absolute atomic E-state index is 0.0644. The SMILES string of the molecule is COc1cc(CCNCCc2ccc(OC)c(OC)c2)ccc1NC(=O)c1cccc2c(=O)c3cccc(F)c3[nH]c12. The number of benzene rings is 4. The Hall–Kier alpha value is -4.89. The lowest BCUT2D eigenvalue weighted by Crippen LogP contribution is -2.20. The lowest BCUT2D eigenvalue weighted by atomic mass is 10.1. The van der Waals surface area contributed by atoms with Crippen molar-refractivity contribution in [3.05, 3.63) is 106 Å². The number of amides is 1. The van der Waals surface area contributed by atoms with Crippen LogP contribution >= 0.6 is 0 Å². The lowest BCUT2D eigenvalue weighted by molar-refractivity contribution is 0.102. The van der Waals surface area contributed by atoms with E-state index in [2.05, 4.69) is 15.6 Å². The second kappa shape index (κ2) is 12.7. The maximum absolute atomic E-state index is 14.5. The summed E-state index contributed by atoms with van der Waals surface area (Å²) < 4.78 is 30.7. The number of anilines is 1. The zero-order valence-corrected chi connectivity index (χ0v) is 23.7. The Kier molecular flexibility index (Phi) is 8.68. The molecule has 0 bridgehead atoms. The highest BCUT2D eigenvalue weighted by molar-refractivity contribution is 6.13. The molecule has 8 nitrogen and oxygen atoms in total. The number of methoxy groups -OCH3 is 3. The number of hydrogen-bond acceptors (Lipinski definition) is 6. The molecule has 0 aliphatic heterocycles. The third-order valence-electron chi connectivity index (χ3n) is 7.20. The first-order chi connectivity index (χ1) is 20.4. The number of nitrogens with one attached hydrogen (secondary N) is 3. The molecule has 0 spiro atoms. The molecule has 0 radical (unpaired) electrons. The number of halogens is 1. The molecule has 5 aromatic rings. The summed E-state index contributed by atoms with van der Waals surface area (Å²) in [7, 11) is 4.79. The van der Waals surface area contributed by atoms with Gasteiger partial charge in [-0.05, 0) is 85.6 Å². The van der Waals surface area contributed by atoms with Gasteiger partial charge in [-0.15, -0.1) is 0 Å². The third-order valence-corrected chi connectivity index (χ3v) is 7.20. The fourth-order valence-electron chi connectivity index (χ4n) is 4.99. The van der Waals surface area contributed by atoms with E-state index in [9.17, 15) is 14.0 Å². The Morgan fingerprint density at radius 2 is 1.38 bits per heavy atom. The number of rotatable bonds is 11. The zero-order valence-electron chi connectivity index (χ0n) is 23.7. The molecular formula is C33H32FN3O5. The molecule has 1 aromatic heterocycles. The molecule has 0 saturated heterocycles. The monoisotopic (exact) mass is 569 g/mol. The normalized spacial score (nSPS) is 11.0. The molecule has 0 aliphatic rings. The Labute approximate surface area is 242 Å². The average molecular weight is 570 g/mol. The Morgan fingerprint density at radius 3 is 2.07 bits per heavy atom. The van der Waals surface area contributed by atoms with E-state index in [4.69, 9.17) is 14.2 Å². The van der Waals surface area contributed by atoms with Crippen LogP contribution in [0, 0.1) is 5.82 Å². The predicted octanol–water partition coefficient (Wildman–Crippen LogP) is 5.47. The molecule has 4 aromatic carbocycles. The highest BCUT2D eigenvalue weighted by Gasteiger charge is 2.17. The van der Waals surface area contributed by atoms with E-state index in [0.29, 0.717) is 28.3 Å². The Balaban J connectivity index is 1.24. The number of pyridine rings is 1. The van der Waals surface area contributed by atoms with E-state index in [1.54, 1.807) is 51.7 Å². The maximum Gasteiger partial charge on any atom is 0.257 e. The molecule has 0 atom stereocenters. The standard InChI is InChI=1S/C33H32FN3O5/c1-40-27-13-11-21(19-29(27)42-3)15-17-35-16-14-20-10-12-26(28(18-20)41-2)36-33(39)24-8-4-6-22-30(24)37-31-23(32(22)38)7-5-9-25(31)34/h4-13,18-19,35H,14-17H2,1-3H3,(H,36,39)(H,37,38). The van der Waals surface area contributed by atoms with Gasteiger partial charge < -0.3 is 29.8 Å². The van der Waals surface area contributed by atoms with Gasteiger partial charge in [0, 0.05) is 10.8 Å². The van der Waals surface area contributed by atoms with E-state index in [1.807, 2.05) is 30.3 Å². The van der Waals surface area contributed by atoms with Crippen molar-refractivity contribution in [3.8, 4) is 17.2 Å². The van der Waals surface area contributed by atoms with Gasteiger partial charge in [-0.3, -0.25) is 9.59 Å². The minimum Gasteiger partial charge on any atom is -0.495 e. The fourth-order valence-corrected chi connectivity index (χ4v) is 4.99. The van der Waals surface area contributed by atoms with Gasteiger partial charge in [-0.25, -0.2) is 4.39 Å². The molecule has 42 heavy (non-hydrogen) atoms. The first-order valence-electron chi connectivity index (χ1n) is 13.6. The first-order valence-corrected chi connectivity index (χ1v) is 13.6. The van der Waals surface area contributed by atoms with Crippen molar-refractivity contribution in [2.45, 2.75) is 12.8 Å². The molecule has 1 heterocycles. The fraction of sp³-hybridized carbons (Fsp3) is 0.212. The Morgan fingerprint density at radius 1 is 0.762 bits per heavy atom. The Bertz CT molecular complexity index is 1820. The molecular weight excluding hydrogens is 537 g/mol. The molecule has 0 fully saturated rings. The number of aromatic amines is 1. The summed E-state index contributed by atoms with van der Waals surface area (Å²) in [5.74, 6) is 0.921. The molecule has 0 unspecified atom stereocenters. The first kappa shape index (κ1) is 28.6. The van der Waals surface area contributed by atoms with Gasteiger partial charge in [-0.1, -0.05) is 24.3 Å². The van der Waals surface area contributed by atoms with Crippen molar-refractivity contribution in [1.29, 1.82) is 0 Å². The van der Waals surface area contributed by atoms with Crippen LogP contribution in [0.15, 0.2) is 77.6 Å². The van der Waals surface area contributed by atoms with E-state index < -0.39 is 11.7 Å². The summed E-state index contributed by atoms with van der Waals surface area (Å²) in [5.41, 5.74) is 2.89. The van der Waals surface area contributed by atoms with Crippen LogP contribution in [0.2, 0.25) is 0 Å². The van der Waals surface area contributed by atoms with Crippen LogP contribution < -0.4 is 30.3 Å². The summed E-state index contributed by atoms with van der Waals surface area (Å²) in [5, 5.41) is 6.87. The highest BCUT2D eigenvalue weighted by atomic mass is 19.1. The molecule has 1 amide bonds. The van der Waals surface area contributed by atoms with Gasteiger partial charge in [0.1, 0.15) is 11.6 Å². The van der Waals surface area contributed by atoms with Crippen LogP contribution in [0.3, 0.4) is 0 Å². The highest BCUT2D eigenvalue weighted by Crippen LogP contribution is 2.29. The van der Waals surface area contributed by atoms with Gasteiger partial charge in [-0.2, -0.15) is 0 Å². The number of para-hydroxylation sites is 2. The van der Waals surface area contributed by atoms with Gasteiger partial charge >= 0.3 is 0 Å². The van der Waals surface area contributed by atoms with Crippen LogP contribution in [-0.2, 0) is 12.8 Å². The van der Waals surface area contributed by atoms with E-state index in [-0.39, 0.29) is 27.4 Å². The topological polar surface area (TPSA) is 102 Å². The van der Waals surface area contributed by atoms with Crippen LogP contribution in [-0.4, -0.2) is 45.3 Å². The predicted molar refractivity (Wildman–Crippen MR) is 163 cm³/mol. The minimum atomic E-state index is -0.561. The number of carbonyl (C=O) groups excluding carboxylic acids is 1. The second-order valence-corrected chi connectivity index (χ2v) is 9.77. The van der Waals surface area contributed by atoms with Crippen LogP contribution in [0.4, 0.5) is 10.1 Å². The van der Waals surface area contributed by atoms with Crippen LogP contribution in [0.5, 0.6) is 17.2 Å². The molecule has 5 rings (SSSR count). The zero-order chi connectivity index (χ0) is 29.6. The van der Waals surface area contributed by atoms with Gasteiger partial charge in [0.15, 0.2) is 16.9 Å². The molecule has 9 heteroatoms. The maximum atomic E-state index is 14.5. The number of H-pyrrole nitrogens is 1. The molecule has 0 saturated carbocycles. The van der Waals surface area contributed by atoms with Gasteiger partial charge in [0.25, 0.3) is 5.91 Å². The van der Waals surface area contributed by atoms with E-state index in [1.165, 1.54) is 12.1 Å². The average Bonchev–Trinajstić information content (AvgIpc) is 3.01. The number of carbonyl (C=O) groups is 1. The largest absolute Gasteiger partial charge is 0.495 e. The number of aromatic nitrogens is 1. The van der Waals surface area contributed by atoms with Crippen LogP contribution in [0.25, 0.3) is 21.8 Å². The molecule has 0 aliphatic carbocycles. The van der Waals surface area contributed by atoms with Crippen LogP contribution in [0.1, 0.15) is 21.5 Å². The summed E-state index contributed by atoms with van der Waals surface area (Å²) >= 11 is 0. The van der Waals surface area contributed by atoms with Crippen molar-refractivity contribution >= 4 is 33.4 Å². The third kappa shape index (κ3) is 5.91. The number of ether oxygens (including phenoxy) is 3. The summed E-state index contributed by atoms with van der Waals surface area (Å²) in [6, 6.07) is 20.7. The second-order valence-electron chi connectivity index (χ2n) is 9.77. The number of fused-ring (bicyclic) bond motifs is 2. The van der Waals surface area contributed by atoms with Gasteiger partial charge in [0.2, 0.25) is 0 Å². The summed E-state index contributed by atoms with van der Waals surface area (Å²) in [6.07, 6.45) is 1.61. The van der Waals surface area contributed by atoms with E-state index >= 15 is 0 Å². The summed E-state index contributed by atoms with van der Waals surface area (Å²) in [4.78, 5) is 29.3. The van der Waals surface area contributed by atoms with Crippen molar-refractivity contribution in [2.75, 3.05) is 39.7 Å². The van der Waals surface area contributed by atoms with Crippen molar-refractivity contribution in [1.82, 2.24) is 10.3 Å². The van der Waals surface area contributed by atoms with E-state index in [0.717, 1.165) is 37.1 Å². The molecule has 3 N–H and O–H groups in total. The smallest absolute Gasteiger partial charge is 0.257 e.